The molecule has 0 bridgehead atoms. The van der Waals surface area contributed by atoms with E-state index >= 15 is 0 Å². The molecule has 2 amide bonds. The minimum atomic E-state index is -0.386. The van der Waals surface area contributed by atoms with E-state index in [0.29, 0.717) is 36.4 Å². The summed E-state index contributed by atoms with van der Waals surface area (Å²) in [4.78, 5) is 31.2. The Morgan fingerprint density at radius 1 is 1.10 bits per heavy atom. The first kappa shape index (κ1) is 18.8. The van der Waals surface area contributed by atoms with Crippen molar-refractivity contribution in [2.75, 3.05) is 18.4 Å². The van der Waals surface area contributed by atoms with Gasteiger partial charge in [-0.15, -0.1) is 0 Å². The zero-order valence-corrected chi connectivity index (χ0v) is 15.7. The number of hydrogen-bond acceptors (Lipinski definition) is 4. The van der Waals surface area contributed by atoms with Crippen LogP contribution in [-0.2, 0) is 4.79 Å². The molecule has 1 fully saturated rings. The van der Waals surface area contributed by atoms with Gasteiger partial charge in [0.05, 0.1) is 17.3 Å². The first-order chi connectivity index (χ1) is 14.1. The molecule has 8 heteroatoms. The number of benzene rings is 2. The summed E-state index contributed by atoms with van der Waals surface area (Å²) in [5.41, 5.74) is 1.77. The number of para-hydroxylation sites is 2. The first-order valence-corrected chi connectivity index (χ1v) is 9.41. The standard InChI is InChI=1S/C21H20FN5O2/c22-17-9-7-15(8-10-17)21(29)26-11-3-4-16(12-26)20(28)25-18-5-1-2-6-19(18)27-14-23-13-24-27/h1-2,5-10,13-14,16H,3-4,11-12H2,(H,25,28). The molecular formula is C21H20FN5O2. The van der Waals surface area contributed by atoms with Crippen LogP contribution in [0.4, 0.5) is 10.1 Å². The highest BCUT2D eigenvalue weighted by Gasteiger charge is 2.29. The lowest BCUT2D eigenvalue weighted by molar-refractivity contribution is -0.121. The Morgan fingerprint density at radius 2 is 1.90 bits per heavy atom. The molecule has 4 rings (SSSR count). The van der Waals surface area contributed by atoms with Crippen molar-refractivity contribution in [3.05, 3.63) is 72.6 Å². The number of aromatic nitrogens is 3. The lowest BCUT2D eigenvalue weighted by Crippen LogP contribution is -2.43. The van der Waals surface area contributed by atoms with E-state index in [9.17, 15) is 14.0 Å². The van der Waals surface area contributed by atoms with E-state index in [1.165, 1.54) is 30.6 Å². The van der Waals surface area contributed by atoms with Gasteiger partial charge < -0.3 is 10.2 Å². The molecule has 2 aromatic carbocycles. The first-order valence-electron chi connectivity index (χ1n) is 9.41. The molecule has 1 N–H and O–H groups in total. The second-order valence-electron chi connectivity index (χ2n) is 6.94. The van der Waals surface area contributed by atoms with E-state index < -0.39 is 0 Å². The van der Waals surface area contributed by atoms with Gasteiger partial charge in [0.25, 0.3) is 5.91 Å². The number of carbonyl (C=O) groups excluding carboxylic acids is 2. The Balaban J connectivity index is 1.46. The fourth-order valence-electron chi connectivity index (χ4n) is 3.50. The summed E-state index contributed by atoms with van der Waals surface area (Å²) in [5, 5.41) is 7.08. The van der Waals surface area contributed by atoms with Gasteiger partial charge in [0.1, 0.15) is 18.5 Å². The van der Waals surface area contributed by atoms with Gasteiger partial charge >= 0.3 is 0 Å². The number of carbonyl (C=O) groups is 2. The number of likely N-dealkylation sites (tertiary alicyclic amines) is 1. The predicted molar refractivity (Wildman–Crippen MR) is 105 cm³/mol. The maximum absolute atomic E-state index is 13.1. The molecule has 29 heavy (non-hydrogen) atoms. The number of anilines is 1. The Labute approximate surface area is 167 Å². The second kappa shape index (κ2) is 8.22. The van der Waals surface area contributed by atoms with Gasteiger partial charge in [0.15, 0.2) is 0 Å². The predicted octanol–water partition coefficient (Wildman–Crippen LogP) is 2.90. The SMILES string of the molecule is O=C(Nc1ccccc1-n1cncn1)C1CCCN(C(=O)c2ccc(F)cc2)C1. The monoisotopic (exact) mass is 393 g/mol. The van der Waals surface area contributed by atoms with Gasteiger partial charge in [-0.25, -0.2) is 14.1 Å². The molecule has 0 aliphatic carbocycles. The zero-order valence-electron chi connectivity index (χ0n) is 15.7. The quantitative estimate of drug-likeness (QED) is 0.739. The number of amides is 2. The van der Waals surface area contributed by atoms with Crippen molar-refractivity contribution in [2.45, 2.75) is 12.8 Å². The number of nitrogens with zero attached hydrogens (tertiary/aromatic N) is 4. The molecule has 7 nitrogen and oxygen atoms in total. The highest BCUT2D eigenvalue weighted by Crippen LogP contribution is 2.23. The van der Waals surface area contributed by atoms with Crippen LogP contribution in [0.2, 0.25) is 0 Å². The van der Waals surface area contributed by atoms with Crippen LogP contribution in [0.3, 0.4) is 0 Å². The molecule has 1 aliphatic heterocycles. The summed E-state index contributed by atoms with van der Waals surface area (Å²) in [6.07, 6.45) is 4.42. The lowest BCUT2D eigenvalue weighted by atomic mass is 9.96. The molecule has 1 saturated heterocycles. The number of piperidine rings is 1. The number of rotatable bonds is 4. The van der Waals surface area contributed by atoms with E-state index in [0.717, 1.165) is 6.42 Å². The van der Waals surface area contributed by atoms with E-state index in [4.69, 9.17) is 0 Å². The number of nitrogens with one attached hydrogen (secondary N) is 1. The third-order valence-corrected chi connectivity index (χ3v) is 5.00. The van der Waals surface area contributed by atoms with Crippen molar-refractivity contribution in [1.82, 2.24) is 19.7 Å². The lowest BCUT2D eigenvalue weighted by Gasteiger charge is -2.32. The number of halogens is 1. The Hall–Kier alpha value is -3.55. The van der Waals surface area contributed by atoms with E-state index in [2.05, 4.69) is 15.4 Å². The highest BCUT2D eigenvalue weighted by molar-refractivity contribution is 5.97. The van der Waals surface area contributed by atoms with Gasteiger partial charge in [-0.3, -0.25) is 9.59 Å². The van der Waals surface area contributed by atoms with Crippen molar-refractivity contribution in [3.63, 3.8) is 0 Å². The molecule has 3 aromatic rings. The summed E-state index contributed by atoms with van der Waals surface area (Å²) in [7, 11) is 0. The minimum Gasteiger partial charge on any atom is -0.338 e. The van der Waals surface area contributed by atoms with Gasteiger partial charge in [-0.1, -0.05) is 12.1 Å². The van der Waals surface area contributed by atoms with Crippen molar-refractivity contribution in [1.29, 1.82) is 0 Å². The molecule has 1 unspecified atom stereocenters. The van der Waals surface area contributed by atoms with Crippen LogP contribution in [0.15, 0.2) is 61.2 Å². The van der Waals surface area contributed by atoms with Crippen LogP contribution in [-0.4, -0.2) is 44.6 Å². The Kier molecular flexibility index (Phi) is 5.33. The molecule has 1 aliphatic rings. The molecular weight excluding hydrogens is 373 g/mol. The molecule has 1 atom stereocenters. The Bertz CT molecular complexity index is 1000. The summed E-state index contributed by atoms with van der Waals surface area (Å²) in [5.74, 6) is -1.04. The molecule has 1 aromatic heterocycles. The van der Waals surface area contributed by atoms with Crippen molar-refractivity contribution >= 4 is 17.5 Å². The van der Waals surface area contributed by atoms with Crippen LogP contribution >= 0.6 is 0 Å². The van der Waals surface area contributed by atoms with E-state index in [-0.39, 0.29) is 23.5 Å². The van der Waals surface area contributed by atoms with Gasteiger partial charge in [-0.05, 0) is 49.2 Å². The van der Waals surface area contributed by atoms with Gasteiger partial charge in [0, 0.05) is 18.7 Å². The topological polar surface area (TPSA) is 80.1 Å². The molecule has 0 radical (unpaired) electrons. The van der Waals surface area contributed by atoms with Crippen LogP contribution in [0.5, 0.6) is 0 Å². The summed E-state index contributed by atoms with van der Waals surface area (Å²) >= 11 is 0. The summed E-state index contributed by atoms with van der Waals surface area (Å²) < 4.78 is 14.7. The summed E-state index contributed by atoms with van der Waals surface area (Å²) in [6.45, 7) is 0.906. The maximum Gasteiger partial charge on any atom is 0.253 e. The summed E-state index contributed by atoms with van der Waals surface area (Å²) in [6, 6.07) is 12.8. The highest BCUT2D eigenvalue weighted by atomic mass is 19.1. The minimum absolute atomic E-state index is 0.144. The maximum atomic E-state index is 13.1. The third-order valence-electron chi connectivity index (χ3n) is 5.00. The van der Waals surface area contributed by atoms with Crippen LogP contribution in [0, 0.1) is 11.7 Å². The van der Waals surface area contributed by atoms with Crippen molar-refractivity contribution in [3.8, 4) is 5.69 Å². The average Bonchev–Trinajstić information content (AvgIpc) is 3.29. The van der Waals surface area contributed by atoms with Gasteiger partial charge in [-0.2, -0.15) is 5.10 Å². The molecule has 0 saturated carbocycles. The van der Waals surface area contributed by atoms with Crippen LogP contribution < -0.4 is 5.32 Å². The smallest absolute Gasteiger partial charge is 0.253 e. The molecule has 0 spiro atoms. The van der Waals surface area contributed by atoms with Crippen LogP contribution in [0.25, 0.3) is 5.69 Å². The zero-order chi connectivity index (χ0) is 20.2. The van der Waals surface area contributed by atoms with E-state index in [1.807, 2.05) is 18.2 Å². The average molecular weight is 393 g/mol. The molecule has 2 heterocycles. The second-order valence-corrected chi connectivity index (χ2v) is 6.94. The Morgan fingerprint density at radius 3 is 2.66 bits per heavy atom. The molecule has 148 valence electrons. The van der Waals surface area contributed by atoms with E-state index in [1.54, 1.807) is 22.0 Å². The largest absolute Gasteiger partial charge is 0.338 e. The number of hydrogen-bond donors (Lipinski definition) is 1. The third kappa shape index (κ3) is 4.16. The fraction of sp³-hybridized carbons (Fsp3) is 0.238. The normalized spacial score (nSPS) is 16.4. The van der Waals surface area contributed by atoms with Crippen molar-refractivity contribution in [2.24, 2.45) is 5.92 Å². The van der Waals surface area contributed by atoms with Crippen molar-refractivity contribution < 1.29 is 14.0 Å². The van der Waals surface area contributed by atoms with Gasteiger partial charge in [0.2, 0.25) is 5.91 Å². The van der Waals surface area contributed by atoms with Crippen LogP contribution in [0.1, 0.15) is 23.2 Å². The fourth-order valence-corrected chi connectivity index (χ4v) is 3.50.